The number of piperidine rings is 1. The summed E-state index contributed by atoms with van der Waals surface area (Å²) in [7, 11) is 0. The Bertz CT molecular complexity index is 369. The zero-order valence-electron chi connectivity index (χ0n) is 11.2. The number of nitrogens with zero attached hydrogens (tertiary/aromatic N) is 2. The van der Waals surface area contributed by atoms with Crippen molar-refractivity contribution in [1.29, 1.82) is 5.41 Å². The van der Waals surface area contributed by atoms with Crippen LogP contribution in [0.25, 0.3) is 0 Å². The Kier molecular flexibility index (Phi) is 3.43. The van der Waals surface area contributed by atoms with Gasteiger partial charge in [0.1, 0.15) is 11.4 Å². The van der Waals surface area contributed by atoms with Gasteiger partial charge >= 0.3 is 6.03 Å². The van der Waals surface area contributed by atoms with Crippen molar-refractivity contribution >= 4 is 11.9 Å². The van der Waals surface area contributed by atoms with Gasteiger partial charge in [-0.3, -0.25) is 10.7 Å². The molecule has 0 unspecified atom stereocenters. The molecule has 2 fully saturated rings. The average molecular weight is 250 g/mol. The number of amidine groups is 1. The van der Waals surface area contributed by atoms with E-state index in [2.05, 4.69) is 30.6 Å². The monoisotopic (exact) mass is 250 g/mol. The summed E-state index contributed by atoms with van der Waals surface area (Å²) in [5.41, 5.74) is -0.420. The minimum atomic E-state index is -0.420. The van der Waals surface area contributed by atoms with Crippen LogP contribution in [0, 0.1) is 5.41 Å². The van der Waals surface area contributed by atoms with Gasteiger partial charge in [-0.1, -0.05) is 6.08 Å². The maximum Gasteiger partial charge on any atom is 0.323 e. The van der Waals surface area contributed by atoms with Crippen LogP contribution in [0.4, 0.5) is 4.79 Å². The molecule has 5 heteroatoms. The number of nitrogens with one attached hydrogen (secondary N) is 2. The highest BCUT2D eigenvalue weighted by Crippen LogP contribution is 2.33. The van der Waals surface area contributed by atoms with Gasteiger partial charge in [-0.2, -0.15) is 0 Å². The van der Waals surface area contributed by atoms with Crippen molar-refractivity contribution in [1.82, 2.24) is 15.1 Å². The predicted octanol–water partition coefficient (Wildman–Crippen LogP) is 1.42. The molecule has 0 aromatic heterocycles. The van der Waals surface area contributed by atoms with Gasteiger partial charge in [-0.25, -0.2) is 4.79 Å². The Balaban J connectivity index is 2.17. The van der Waals surface area contributed by atoms with Crippen molar-refractivity contribution in [3.63, 3.8) is 0 Å². The molecule has 0 aromatic rings. The number of carbonyl (C=O) groups excluding carboxylic acids is 1. The predicted molar refractivity (Wildman–Crippen MR) is 71.8 cm³/mol. The Hall–Kier alpha value is -1.36. The topological polar surface area (TPSA) is 59.4 Å². The van der Waals surface area contributed by atoms with Crippen molar-refractivity contribution in [3.8, 4) is 0 Å². The van der Waals surface area contributed by atoms with E-state index in [-0.39, 0.29) is 6.03 Å². The number of hydrogen-bond donors (Lipinski definition) is 2. The quantitative estimate of drug-likeness (QED) is 0.744. The maximum absolute atomic E-state index is 11.9. The fourth-order valence-electron chi connectivity index (χ4n) is 2.94. The molecule has 2 aliphatic heterocycles. The highest BCUT2D eigenvalue weighted by molar-refractivity contribution is 6.08. The molecule has 2 rings (SSSR count). The fraction of sp³-hybridized carbons (Fsp3) is 0.692. The van der Waals surface area contributed by atoms with Crippen LogP contribution in [-0.2, 0) is 0 Å². The van der Waals surface area contributed by atoms with Crippen LogP contribution in [0.15, 0.2) is 12.7 Å². The molecule has 0 radical (unpaired) electrons. The molecule has 2 amide bonds. The van der Waals surface area contributed by atoms with E-state index in [0.29, 0.717) is 18.4 Å². The molecule has 18 heavy (non-hydrogen) atoms. The smallest absolute Gasteiger partial charge is 0.308 e. The van der Waals surface area contributed by atoms with Gasteiger partial charge in [0.15, 0.2) is 0 Å². The van der Waals surface area contributed by atoms with Crippen LogP contribution in [0.2, 0.25) is 0 Å². The summed E-state index contributed by atoms with van der Waals surface area (Å²) in [4.78, 5) is 16.0. The zero-order valence-corrected chi connectivity index (χ0v) is 11.2. The van der Waals surface area contributed by atoms with Gasteiger partial charge in [0.25, 0.3) is 0 Å². The van der Waals surface area contributed by atoms with Crippen LogP contribution >= 0.6 is 0 Å². The van der Waals surface area contributed by atoms with E-state index < -0.39 is 5.54 Å². The van der Waals surface area contributed by atoms with Gasteiger partial charge in [0, 0.05) is 25.7 Å². The molecule has 0 atom stereocenters. The fourth-order valence-corrected chi connectivity index (χ4v) is 2.94. The van der Waals surface area contributed by atoms with E-state index in [1.54, 1.807) is 11.0 Å². The standard InChI is InChI=1S/C13H22N4O/c1-4-7-17-12(18)15-11(14)13(17)5-8-16(9-6-13)10(2)3/h4,10H,1,5-9H2,2-3H3,(H2,14,15,18). The van der Waals surface area contributed by atoms with Crippen LogP contribution in [0.5, 0.6) is 0 Å². The molecule has 0 saturated carbocycles. The molecule has 0 aliphatic carbocycles. The van der Waals surface area contributed by atoms with Gasteiger partial charge in [-0.05, 0) is 26.7 Å². The minimum absolute atomic E-state index is 0.155. The average Bonchev–Trinajstić information content (AvgIpc) is 2.55. The Morgan fingerprint density at radius 3 is 2.61 bits per heavy atom. The Morgan fingerprint density at radius 1 is 1.50 bits per heavy atom. The normalized spacial score (nSPS) is 23.8. The second kappa shape index (κ2) is 4.72. The molecule has 2 N–H and O–H groups in total. The van der Waals surface area contributed by atoms with E-state index in [4.69, 9.17) is 5.41 Å². The number of hydrogen-bond acceptors (Lipinski definition) is 3. The number of likely N-dealkylation sites (tertiary alicyclic amines) is 1. The van der Waals surface area contributed by atoms with E-state index in [1.807, 2.05) is 0 Å². The molecule has 2 heterocycles. The van der Waals surface area contributed by atoms with E-state index in [0.717, 1.165) is 25.9 Å². The van der Waals surface area contributed by atoms with Crippen molar-refractivity contribution in [2.45, 2.75) is 38.3 Å². The van der Waals surface area contributed by atoms with Crippen molar-refractivity contribution in [2.24, 2.45) is 0 Å². The molecule has 0 aromatic carbocycles. The zero-order chi connectivity index (χ0) is 13.3. The molecule has 1 spiro atoms. The summed E-state index contributed by atoms with van der Waals surface area (Å²) in [6, 6.07) is 0.368. The number of urea groups is 1. The molecule has 2 aliphatic rings. The lowest BCUT2D eigenvalue weighted by Gasteiger charge is -2.44. The van der Waals surface area contributed by atoms with Crippen LogP contribution < -0.4 is 5.32 Å². The maximum atomic E-state index is 11.9. The molecular weight excluding hydrogens is 228 g/mol. The van der Waals surface area contributed by atoms with E-state index in [9.17, 15) is 4.79 Å². The summed E-state index contributed by atoms with van der Waals surface area (Å²) >= 11 is 0. The molecule has 5 nitrogen and oxygen atoms in total. The van der Waals surface area contributed by atoms with Crippen molar-refractivity contribution in [3.05, 3.63) is 12.7 Å². The highest BCUT2D eigenvalue weighted by Gasteiger charge is 2.51. The van der Waals surface area contributed by atoms with Gasteiger partial charge in [-0.15, -0.1) is 6.58 Å². The molecule has 2 saturated heterocycles. The molecule has 0 bridgehead atoms. The second-order valence-corrected chi connectivity index (χ2v) is 5.37. The Labute approximate surface area is 108 Å². The summed E-state index contributed by atoms with van der Waals surface area (Å²) in [5, 5.41) is 10.7. The van der Waals surface area contributed by atoms with Gasteiger partial charge in [0.05, 0.1) is 0 Å². The largest absolute Gasteiger partial charge is 0.323 e. The first-order chi connectivity index (χ1) is 8.51. The minimum Gasteiger partial charge on any atom is -0.308 e. The number of amides is 2. The number of rotatable bonds is 3. The van der Waals surface area contributed by atoms with Gasteiger partial charge < -0.3 is 9.80 Å². The molecule has 100 valence electrons. The lowest BCUT2D eigenvalue weighted by atomic mass is 9.85. The Morgan fingerprint density at radius 2 is 2.11 bits per heavy atom. The SMILES string of the molecule is C=CCN1C(=O)NC(=N)C12CCN(C(C)C)CC2. The van der Waals surface area contributed by atoms with Crippen LogP contribution in [0.1, 0.15) is 26.7 Å². The van der Waals surface area contributed by atoms with Crippen LogP contribution in [0.3, 0.4) is 0 Å². The third-order valence-electron chi connectivity index (χ3n) is 4.13. The number of carbonyl (C=O) groups is 1. The lowest BCUT2D eigenvalue weighted by molar-refractivity contribution is 0.0932. The van der Waals surface area contributed by atoms with E-state index >= 15 is 0 Å². The lowest BCUT2D eigenvalue weighted by Crippen LogP contribution is -2.57. The van der Waals surface area contributed by atoms with Crippen molar-refractivity contribution < 1.29 is 4.79 Å². The first-order valence-electron chi connectivity index (χ1n) is 6.54. The second-order valence-electron chi connectivity index (χ2n) is 5.37. The third-order valence-corrected chi connectivity index (χ3v) is 4.13. The highest BCUT2D eigenvalue weighted by atomic mass is 16.2. The summed E-state index contributed by atoms with van der Waals surface area (Å²) in [5.74, 6) is 0.359. The summed E-state index contributed by atoms with van der Waals surface area (Å²) in [6.07, 6.45) is 3.39. The van der Waals surface area contributed by atoms with Gasteiger partial charge in [0.2, 0.25) is 0 Å². The van der Waals surface area contributed by atoms with E-state index in [1.165, 1.54) is 0 Å². The third kappa shape index (κ3) is 1.92. The summed E-state index contributed by atoms with van der Waals surface area (Å²) in [6.45, 7) is 10.4. The first kappa shape index (κ1) is 13.1. The van der Waals surface area contributed by atoms with Crippen LogP contribution in [-0.4, -0.2) is 52.9 Å². The molecular formula is C13H22N4O. The van der Waals surface area contributed by atoms with Crippen molar-refractivity contribution in [2.75, 3.05) is 19.6 Å². The first-order valence-corrected chi connectivity index (χ1v) is 6.54. The summed E-state index contributed by atoms with van der Waals surface area (Å²) < 4.78 is 0.